The Bertz CT molecular complexity index is 597. The number of nitrogens with one attached hydrogen (secondary N) is 2. The smallest absolute Gasteiger partial charge is 0.233 e. The normalized spacial score (nSPS) is 31.0. The molecule has 1 aromatic carbocycles. The molecule has 1 spiro atoms. The Morgan fingerprint density at radius 3 is 3.04 bits per heavy atom. The second kappa shape index (κ2) is 6.85. The summed E-state index contributed by atoms with van der Waals surface area (Å²) in [5.41, 5.74) is 3.43. The lowest BCUT2D eigenvalue weighted by Crippen LogP contribution is -2.38. The molecule has 0 radical (unpaired) electrons. The zero-order valence-electron chi connectivity index (χ0n) is 14.4. The second-order valence-electron chi connectivity index (χ2n) is 7.64. The van der Waals surface area contributed by atoms with Crippen molar-refractivity contribution in [3.8, 4) is 0 Å². The van der Waals surface area contributed by atoms with Gasteiger partial charge in [-0.1, -0.05) is 24.3 Å². The molecule has 2 fully saturated rings. The van der Waals surface area contributed by atoms with Crippen LogP contribution in [0.2, 0.25) is 0 Å². The minimum Gasteiger partial charge on any atom is -0.377 e. The van der Waals surface area contributed by atoms with Crippen molar-refractivity contribution in [3.05, 3.63) is 35.4 Å². The van der Waals surface area contributed by atoms with E-state index in [1.807, 2.05) is 0 Å². The van der Waals surface area contributed by atoms with Gasteiger partial charge in [-0.25, -0.2) is 0 Å². The topological polar surface area (TPSA) is 50.4 Å². The summed E-state index contributed by atoms with van der Waals surface area (Å²) in [7, 11) is 0. The number of benzene rings is 1. The summed E-state index contributed by atoms with van der Waals surface area (Å²) in [5.74, 6) is 0.722. The molecule has 0 bridgehead atoms. The van der Waals surface area contributed by atoms with Crippen LogP contribution < -0.4 is 10.6 Å². The molecule has 1 heterocycles. The van der Waals surface area contributed by atoms with Crippen molar-refractivity contribution < 1.29 is 9.53 Å². The maximum Gasteiger partial charge on any atom is 0.233 e. The Hall–Kier alpha value is -1.39. The molecule has 0 aromatic heterocycles. The van der Waals surface area contributed by atoms with E-state index >= 15 is 0 Å². The van der Waals surface area contributed by atoms with E-state index in [0.29, 0.717) is 24.0 Å². The van der Waals surface area contributed by atoms with E-state index in [1.165, 1.54) is 31.2 Å². The van der Waals surface area contributed by atoms with Crippen LogP contribution in [0.3, 0.4) is 0 Å². The molecule has 1 amide bonds. The number of rotatable bonds is 6. The second-order valence-corrected chi connectivity index (χ2v) is 7.64. The lowest BCUT2D eigenvalue weighted by Gasteiger charge is -2.26. The molecule has 3 aliphatic rings. The van der Waals surface area contributed by atoms with Crippen LogP contribution in [0, 0.1) is 5.92 Å². The highest BCUT2D eigenvalue weighted by atomic mass is 16.5. The molecule has 4 heteroatoms. The van der Waals surface area contributed by atoms with Gasteiger partial charge in [-0.15, -0.1) is 0 Å². The van der Waals surface area contributed by atoms with E-state index in [4.69, 9.17) is 4.74 Å². The predicted molar refractivity (Wildman–Crippen MR) is 94.0 cm³/mol. The number of aryl methyl sites for hydroxylation is 1. The zero-order chi connectivity index (χ0) is 16.4. The number of fused-ring (bicyclic) bond motifs is 2. The Morgan fingerprint density at radius 1 is 1.25 bits per heavy atom. The van der Waals surface area contributed by atoms with E-state index in [2.05, 4.69) is 34.9 Å². The van der Waals surface area contributed by atoms with Crippen LogP contribution in [0.4, 0.5) is 0 Å². The number of amides is 1. The van der Waals surface area contributed by atoms with Crippen molar-refractivity contribution in [3.63, 3.8) is 0 Å². The molecule has 24 heavy (non-hydrogen) atoms. The third-order valence-electron chi connectivity index (χ3n) is 6.08. The zero-order valence-corrected chi connectivity index (χ0v) is 14.4. The summed E-state index contributed by atoms with van der Waals surface area (Å²) in [6, 6.07) is 8.89. The van der Waals surface area contributed by atoms with Gasteiger partial charge < -0.3 is 15.4 Å². The standard InChI is InChI=1S/C20H28N2O2/c23-19(14-21-13-17-7-4-10-24-17)22-12-16-11-20(16)9-3-6-15-5-1-2-8-18(15)20/h1-2,5,8,16-17,21H,3-4,6-7,9-14H2,(H,22,23)/t16-,17+,20-/m1/s1. The van der Waals surface area contributed by atoms with Gasteiger partial charge in [0, 0.05) is 25.1 Å². The number of hydrogen-bond acceptors (Lipinski definition) is 3. The molecule has 4 nitrogen and oxygen atoms in total. The van der Waals surface area contributed by atoms with Crippen molar-refractivity contribution in [2.45, 2.75) is 50.0 Å². The van der Waals surface area contributed by atoms with E-state index < -0.39 is 0 Å². The molecule has 2 N–H and O–H groups in total. The predicted octanol–water partition coefficient (Wildman–Crippen LogP) is 2.17. The molecular formula is C20H28N2O2. The van der Waals surface area contributed by atoms with Crippen molar-refractivity contribution in [1.82, 2.24) is 10.6 Å². The molecule has 1 aliphatic heterocycles. The molecular weight excluding hydrogens is 300 g/mol. The fourth-order valence-electron chi connectivity index (χ4n) is 4.69. The first-order valence-corrected chi connectivity index (χ1v) is 9.45. The third kappa shape index (κ3) is 3.22. The van der Waals surface area contributed by atoms with Crippen LogP contribution in [0.5, 0.6) is 0 Å². The fraction of sp³-hybridized carbons (Fsp3) is 0.650. The summed E-state index contributed by atoms with van der Waals surface area (Å²) < 4.78 is 5.56. The first-order chi connectivity index (χ1) is 11.8. The van der Waals surface area contributed by atoms with Crippen molar-refractivity contribution in [2.24, 2.45) is 5.92 Å². The highest BCUT2D eigenvalue weighted by molar-refractivity contribution is 5.78. The molecule has 3 atom stereocenters. The van der Waals surface area contributed by atoms with Gasteiger partial charge in [0.05, 0.1) is 12.6 Å². The van der Waals surface area contributed by atoms with Gasteiger partial charge in [0.1, 0.15) is 0 Å². The molecule has 4 rings (SSSR count). The van der Waals surface area contributed by atoms with Crippen LogP contribution in [0.15, 0.2) is 24.3 Å². The molecule has 1 saturated heterocycles. The van der Waals surface area contributed by atoms with Crippen molar-refractivity contribution in [1.29, 1.82) is 0 Å². The van der Waals surface area contributed by atoms with Crippen molar-refractivity contribution in [2.75, 3.05) is 26.2 Å². The SMILES string of the molecule is O=C(CNC[C@@H]1CCCO1)NC[C@H]1C[C@]12CCCc1ccccc12. The number of carbonyl (C=O) groups excluding carboxylic acids is 1. The highest BCUT2D eigenvalue weighted by Gasteiger charge is 2.56. The van der Waals surface area contributed by atoms with Crippen LogP contribution in [-0.4, -0.2) is 38.3 Å². The van der Waals surface area contributed by atoms with Gasteiger partial charge in [-0.05, 0) is 55.6 Å². The van der Waals surface area contributed by atoms with E-state index in [1.54, 1.807) is 5.56 Å². The van der Waals surface area contributed by atoms with Gasteiger partial charge in [-0.3, -0.25) is 4.79 Å². The molecule has 1 aromatic rings. The van der Waals surface area contributed by atoms with Crippen LogP contribution in [0.1, 0.15) is 43.2 Å². The fourth-order valence-corrected chi connectivity index (χ4v) is 4.69. The number of ether oxygens (including phenoxy) is 1. The maximum atomic E-state index is 12.1. The van der Waals surface area contributed by atoms with Gasteiger partial charge in [-0.2, -0.15) is 0 Å². The summed E-state index contributed by atoms with van der Waals surface area (Å²) >= 11 is 0. The van der Waals surface area contributed by atoms with Crippen LogP contribution >= 0.6 is 0 Å². The quantitative estimate of drug-likeness (QED) is 0.841. The average Bonchev–Trinajstić information content (AvgIpc) is 3.03. The highest BCUT2D eigenvalue weighted by Crippen LogP contribution is 2.59. The average molecular weight is 328 g/mol. The molecule has 2 aliphatic carbocycles. The third-order valence-corrected chi connectivity index (χ3v) is 6.08. The van der Waals surface area contributed by atoms with E-state index in [-0.39, 0.29) is 5.91 Å². The molecule has 130 valence electrons. The van der Waals surface area contributed by atoms with Gasteiger partial charge in [0.15, 0.2) is 0 Å². The van der Waals surface area contributed by atoms with Crippen LogP contribution in [0.25, 0.3) is 0 Å². The Morgan fingerprint density at radius 2 is 2.17 bits per heavy atom. The number of carbonyl (C=O) groups is 1. The summed E-state index contributed by atoms with van der Waals surface area (Å²) in [6.45, 7) is 2.86. The first-order valence-electron chi connectivity index (χ1n) is 9.45. The first kappa shape index (κ1) is 16.1. The van der Waals surface area contributed by atoms with Gasteiger partial charge >= 0.3 is 0 Å². The van der Waals surface area contributed by atoms with Gasteiger partial charge in [0.2, 0.25) is 5.91 Å². The number of hydrogen-bond donors (Lipinski definition) is 2. The molecule has 1 saturated carbocycles. The Kier molecular flexibility index (Phi) is 4.59. The summed E-state index contributed by atoms with van der Waals surface area (Å²) in [6.07, 6.45) is 7.55. The Balaban J connectivity index is 1.23. The minimum absolute atomic E-state index is 0.110. The minimum atomic E-state index is 0.110. The van der Waals surface area contributed by atoms with Crippen molar-refractivity contribution >= 4 is 5.91 Å². The molecule has 0 unspecified atom stereocenters. The Labute approximate surface area is 144 Å². The maximum absolute atomic E-state index is 12.1. The largest absolute Gasteiger partial charge is 0.377 e. The van der Waals surface area contributed by atoms with E-state index in [0.717, 1.165) is 32.5 Å². The lowest BCUT2D eigenvalue weighted by molar-refractivity contribution is -0.120. The van der Waals surface area contributed by atoms with Crippen LogP contribution in [-0.2, 0) is 21.4 Å². The van der Waals surface area contributed by atoms with E-state index in [9.17, 15) is 4.79 Å². The lowest BCUT2D eigenvalue weighted by atomic mass is 9.78. The summed E-state index contributed by atoms with van der Waals surface area (Å²) in [5, 5.41) is 6.35. The monoisotopic (exact) mass is 328 g/mol. The van der Waals surface area contributed by atoms with Gasteiger partial charge in [0.25, 0.3) is 0 Å². The summed E-state index contributed by atoms with van der Waals surface area (Å²) in [4.78, 5) is 12.1.